The number of hydrogen-bond donors (Lipinski definition) is 1. The van der Waals surface area contributed by atoms with Gasteiger partial charge in [0.15, 0.2) is 6.29 Å². The molecule has 2 aromatic rings. The Labute approximate surface area is 128 Å². The number of aldehydes is 1. The highest BCUT2D eigenvalue weighted by molar-refractivity contribution is 5.91. The molecule has 22 heavy (non-hydrogen) atoms. The minimum absolute atomic E-state index is 0.218. The molecule has 2 aliphatic rings. The Hall–Kier alpha value is -1.72. The molecule has 116 valence electrons. The van der Waals surface area contributed by atoms with Crippen LogP contribution in [0.3, 0.4) is 0 Å². The molecule has 5 heteroatoms. The van der Waals surface area contributed by atoms with Gasteiger partial charge < -0.3 is 9.72 Å². The average Bonchev–Trinajstić information content (AvgIpc) is 3.13. The highest BCUT2D eigenvalue weighted by Gasteiger charge is 2.37. The smallest absolute Gasteiger partial charge is 0.166 e. The van der Waals surface area contributed by atoms with Crippen LogP contribution in [0, 0.1) is 0 Å². The zero-order valence-electron chi connectivity index (χ0n) is 12.4. The van der Waals surface area contributed by atoms with E-state index in [9.17, 15) is 9.18 Å². The number of halogens is 1. The summed E-state index contributed by atoms with van der Waals surface area (Å²) in [6, 6.07) is 6.01. The maximum atomic E-state index is 14.6. The summed E-state index contributed by atoms with van der Waals surface area (Å²) in [5.41, 5.74) is 2.93. The summed E-state index contributed by atoms with van der Waals surface area (Å²) in [6.45, 7) is 2.80. The first-order chi connectivity index (χ1) is 10.7. The second-order valence-electron chi connectivity index (χ2n) is 6.42. The third-order valence-electron chi connectivity index (χ3n) is 4.79. The van der Waals surface area contributed by atoms with Gasteiger partial charge in [-0.15, -0.1) is 0 Å². The van der Waals surface area contributed by atoms with E-state index in [4.69, 9.17) is 4.74 Å². The first-order valence-electron chi connectivity index (χ1n) is 7.75. The molecule has 0 aliphatic carbocycles. The van der Waals surface area contributed by atoms with E-state index in [-0.39, 0.29) is 6.61 Å². The van der Waals surface area contributed by atoms with Gasteiger partial charge in [-0.25, -0.2) is 4.39 Å². The zero-order chi connectivity index (χ0) is 15.2. The van der Waals surface area contributed by atoms with Crippen LogP contribution in [-0.4, -0.2) is 48.1 Å². The minimum atomic E-state index is -1.19. The lowest BCUT2D eigenvalue weighted by Crippen LogP contribution is -2.42. The molecule has 1 fully saturated rings. The fourth-order valence-electron chi connectivity index (χ4n) is 3.67. The van der Waals surface area contributed by atoms with E-state index in [1.54, 1.807) is 0 Å². The van der Waals surface area contributed by atoms with Gasteiger partial charge in [0.25, 0.3) is 0 Å². The van der Waals surface area contributed by atoms with Crippen molar-refractivity contribution in [3.8, 4) is 0 Å². The first-order valence-corrected chi connectivity index (χ1v) is 7.75. The fraction of sp³-hybridized carbons (Fsp3) is 0.471. The topological polar surface area (TPSA) is 45.3 Å². The van der Waals surface area contributed by atoms with Crippen LogP contribution < -0.4 is 0 Å². The Morgan fingerprint density at radius 1 is 1.45 bits per heavy atom. The second kappa shape index (κ2) is 5.18. The predicted molar refractivity (Wildman–Crippen MR) is 81.9 cm³/mol. The molecule has 1 aromatic heterocycles. The van der Waals surface area contributed by atoms with Crippen molar-refractivity contribution in [1.29, 1.82) is 0 Å². The number of benzene rings is 1. The molecular weight excluding hydrogens is 283 g/mol. The number of nitrogens with zero attached hydrogens (tertiary/aromatic N) is 1. The van der Waals surface area contributed by atoms with E-state index in [2.05, 4.69) is 16.0 Å². The van der Waals surface area contributed by atoms with Crippen molar-refractivity contribution in [2.24, 2.45) is 0 Å². The molecule has 0 saturated carbocycles. The van der Waals surface area contributed by atoms with Gasteiger partial charge in [-0.1, -0.05) is 6.07 Å². The quantitative estimate of drug-likeness (QED) is 0.886. The van der Waals surface area contributed by atoms with Gasteiger partial charge in [0.05, 0.1) is 12.3 Å². The summed E-state index contributed by atoms with van der Waals surface area (Å²) in [7, 11) is 0. The zero-order valence-corrected chi connectivity index (χ0v) is 12.4. The van der Waals surface area contributed by atoms with Crippen LogP contribution in [0.5, 0.6) is 0 Å². The van der Waals surface area contributed by atoms with E-state index < -0.39 is 5.67 Å². The highest BCUT2D eigenvalue weighted by atomic mass is 19.1. The summed E-state index contributed by atoms with van der Waals surface area (Å²) in [4.78, 5) is 16.2. The molecule has 1 unspecified atom stereocenters. The van der Waals surface area contributed by atoms with E-state index in [0.717, 1.165) is 36.7 Å². The number of H-pyrrole nitrogens is 1. The van der Waals surface area contributed by atoms with Crippen molar-refractivity contribution >= 4 is 17.2 Å². The van der Waals surface area contributed by atoms with Gasteiger partial charge in [0, 0.05) is 43.6 Å². The normalized spacial score (nSPS) is 25.5. The fourth-order valence-corrected chi connectivity index (χ4v) is 3.67. The lowest BCUT2D eigenvalue weighted by molar-refractivity contribution is 0.0656. The van der Waals surface area contributed by atoms with Crippen molar-refractivity contribution in [2.75, 3.05) is 26.3 Å². The van der Waals surface area contributed by atoms with Gasteiger partial charge in [-0.3, -0.25) is 9.69 Å². The Balaban J connectivity index is 1.59. The van der Waals surface area contributed by atoms with Crippen LogP contribution in [-0.2, 0) is 17.7 Å². The molecule has 0 radical (unpaired) electrons. The van der Waals surface area contributed by atoms with Crippen LogP contribution in [0.1, 0.15) is 28.0 Å². The third kappa shape index (κ3) is 2.34. The molecule has 0 spiro atoms. The molecule has 4 nitrogen and oxygen atoms in total. The maximum absolute atomic E-state index is 14.6. The largest absolute Gasteiger partial charge is 0.378 e. The molecule has 0 amide bonds. The number of aromatic amines is 1. The molecule has 1 aromatic carbocycles. The number of ether oxygens (including phenoxy) is 1. The number of hydrogen-bond acceptors (Lipinski definition) is 3. The number of aromatic nitrogens is 1. The first kappa shape index (κ1) is 13.9. The number of carbonyl (C=O) groups excluding carboxylic acids is 1. The average molecular weight is 302 g/mol. The van der Waals surface area contributed by atoms with Crippen LogP contribution in [0.15, 0.2) is 18.2 Å². The standard InChI is InChI=1S/C17H19FN2O2/c18-17(4-6-22-11-17)10-20-5-3-14-12(8-20)1-2-16-15(14)7-13(9-21)19-16/h1-2,7,9,19H,3-6,8,10-11H2. The van der Waals surface area contributed by atoms with Gasteiger partial charge in [-0.2, -0.15) is 0 Å². The summed E-state index contributed by atoms with van der Waals surface area (Å²) in [5, 5.41) is 1.12. The summed E-state index contributed by atoms with van der Waals surface area (Å²) in [5.74, 6) is 0. The number of fused-ring (bicyclic) bond motifs is 3. The lowest BCUT2D eigenvalue weighted by Gasteiger charge is -2.33. The molecule has 1 atom stereocenters. The van der Waals surface area contributed by atoms with Gasteiger partial charge in [0.2, 0.25) is 0 Å². The molecular formula is C17H19FN2O2. The van der Waals surface area contributed by atoms with Gasteiger partial charge in [0.1, 0.15) is 5.67 Å². The molecule has 3 heterocycles. The SMILES string of the molecule is O=Cc1cc2c3c(ccc2[nH]1)CN(CC1(F)CCOC1)CC3. The van der Waals surface area contributed by atoms with Crippen LogP contribution in [0.4, 0.5) is 4.39 Å². The van der Waals surface area contributed by atoms with Gasteiger partial charge in [-0.05, 0) is 29.7 Å². The number of nitrogens with one attached hydrogen (secondary N) is 1. The second-order valence-corrected chi connectivity index (χ2v) is 6.42. The Bertz CT molecular complexity index is 719. The van der Waals surface area contributed by atoms with Crippen molar-refractivity contribution in [2.45, 2.75) is 25.1 Å². The summed E-state index contributed by atoms with van der Waals surface area (Å²) >= 11 is 0. The van der Waals surface area contributed by atoms with E-state index >= 15 is 0 Å². The van der Waals surface area contributed by atoms with Crippen LogP contribution >= 0.6 is 0 Å². The maximum Gasteiger partial charge on any atom is 0.166 e. The van der Waals surface area contributed by atoms with Gasteiger partial charge >= 0.3 is 0 Å². The molecule has 0 bridgehead atoms. The van der Waals surface area contributed by atoms with E-state index in [0.29, 0.717) is 25.3 Å². The highest BCUT2D eigenvalue weighted by Crippen LogP contribution is 2.31. The molecule has 1 saturated heterocycles. The summed E-state index contributed by atoms with van der Waals surface area (Å²) < 4.78 is 19.8. The number of rotatable bonds is 3. The Kier molecular flexibility index (Phi) is 3.27. The van der Waals surface area contributed by atoms with Crippen molar-refractivity contribution in [3.63, 3.8) is 0 Å². The Morgan fingerprint density at radius 3 is 3.14 bits per heavy atom. The molecule has 2 aliphatic heterocycles. The number of carbonyl (C=O) groups is 1. The monoisotopic (exact) mass is 302 g/mol. The van der Waals surface area contributed by atoms with Crippen molar-refractivity contribution in [3.05, 3.63) is 35.0 Å². The van der Waals surface area contributed by atoms with Crippen molar-refractivity contribution < 1.29 is 13.9 Å². The number of alkyl halides is 1. The summed E-state index contributed by atoms with van der Waals surface area (Å²) in [6.07, 6.45) is 2.23. The van der Waals surface area contributed by atoms with Crippen LogP contribution in [0.25, 0.3) is 10.9 Å². The van der Waals surface area contributed by atoms with E-state index in [1.807, 2.05) is 12.1 Å². The molecule has 4 rings (SSSR count). The minimum Gasteiger partial charge on any atom is -0.378 e. The lowest BCUT2D eigenvalue weighted by atomic mass is 9.94. The Morgan fingerprint density at radius 2 is 2.36 bits per heavy atom. The third-order valence-corrected chi connectivity index (χ3v) is 4.79. The van der Waals surface area contributed by atoms with E-state index in [1.165, 1.54) is 11.1 Å². The van der Waals surface area contributed by atoms with Crippen LogP contribution in [0.2, 0.25) is 0 Å². The predicted octanol–water partition coefficient (Wildman–Crippen LogP) is 2.47. The molecule has 1 N–H and O–H groups in total. The van der Waals surface area contributed by atoms with Crippen molar-refractivity contribution in [1.82, 2.24) is 9.88 Å².